The Morgan fingerprint density at radius 2 is 1.56 bits per heavy atom. The predicted octanol–water partition coefficient (Wildman–Crippen LogP) is 5.43. The summed E-state index contributed by atoms with van der Waals surface area (Å²) in [4.78, 5) is 28.2. The van der Waals surface area contributed by atoms with Crippen LogP contribution in [0.3, 0.4) is 0 Å². The normalized spacial score (nSPS) is 15.0. The zero-order chi connectivity index (χ0) is 29.7. The van der Waals surface area contributed by atoms with Gasteiger partial charge in [0.15, 0.2) is 0 Å². The predicted molar refractivity (Wildman–Crippen MR) is 167 cm³/mol. The van der Waals surface area contributed by atoms with Crippen LogP contribution in [0, 0.1) is 5.92 Å². The number of esters is 1. The second-order valence-electron chi connectivity index (χ2n) is 11.4. The minimum absolute atomic E-state index is 0.0825. The highest BCUT2D eigenvalue weighted by molar-refractivity contribution is 5.84. The van der Waals surface area contributed by atoms with E-state index in [-0.39, 0.29) is 24.6 Å². The van der Waals surface area contributed by atoms with Gasteiger partial charge in [0, 0.05) is 42.9 Å². The summed E-state index contributed by atoms with van der Waals surface area (Å²) >= 11 is 0. The van der Waals surface area contributed by atoms with Crippen LogP contribution in [0.4, 0.5) is 0 Å². The molecule has 226 valence electrons. The van der Waals surface area contributed by atoms with Crippen LogP contribution in [0.25, 0.3) is 10.9 Å². The van der Waals surface area contributed by atoms with E-state index in [9.17, 15) is 9.90 Å². The van der Waals surface area contributed by atoms with Crippen LogP contribution >= 0.6 is 0 Å². The minimum atomic E-state index is -0.626. The fourth-order valence-electron chi connectivity index (χ4n) is 5.77. The molecule has 0 spiro atoms. The van der Waals surface area contributed by atoms with Gasteiger partial charge in [0.2, 0.25) is 0 Å². The summed E-state index contributed by atoms with van der Waals surface area (Å²) in [5, 5.41) is 11.6. The van der Waals surface area contributed by atoms with E-state index in [2.05, 4.69) is 32.0 Å². The van der Waals surface area contributed by atoms with E-state index < -0.39 is 6.10 Å². The molecule has 8 nitrogen and oxygen atoms in total. The van der Waals surface area contributed by atoms with E-state index in [1.807, 2.05) is 54.9 Å². The molecule has 3 aromatic heterocycles. The number of ether oxygens (including phenoxy) is 2. The lowest BCUT2D eigenvalue weighted by molar-refractivity contribution is -0.156. The maximum atomic E-state index is 13.2. The SMILES string of the molecule is O=C(OC(CCCc1cccnc1)CCCc1cccnc1)C1CCN(C[C@@H](O)COc2cccc3ncccc23)CC1. The van der Waals surface area contributed by atoms with E-state index in [1.54, 1.807) is 18.6 Å². The monoisotopic (exact) mass is 582 g/mol. The van der Waals surface area contributed by atoms with E-state index in [4.69, 9.17) is 9.47 Å². The lowest BCUT2D eigenvalue weighted by Gasteiger charge is -2.32. The Labute approximate surface area is 254 Å². The Morgan fingerprint density at radius 3 is 2.21 bits per heavy atom. The number of carbonyl (C=O) groups excluding carboxylic acids is 1. The molecule has 4 heterocycles. The average Bonchev–Trinajstić information content (AvgIpc) is 3.05. The van der Waals surface area contributed by atoms with Crippen molar-refractivity contribution in [3.63, 3.8) is 0 Å². The Hall–Kier alpha value is -3.88. The number of piperidine rings is 1. The number of fused-ring (bicyclic) bond motifs is 1. The van der Waals surface area contributed by atoms with Crippen molar-refractivity contribution in [1.29, 1.82) is 0 Å². The third-order valence-corrected chi connectivity index (χ3v) is 8.14. The van der Waals surface area contributed by atoms with Gasteiger partial charge >= 0.3 is 5.97 Å². The second-order valence-corrected chi connectivity index (χ2v) is 11.4. The molecule has 0 aliphatic carbocycles. The lowest BCUT2D eigenvalue weighted by atomic mass is 9.96. The third-order valence-electron chi connectivity index (χ3n) is 8.14. The summed E-state index contributed by atoms with van der Waals surface area (Å²) in [6, 6.07) is 17.7. The Bertz CT molecular complexity index is 1350. The zero-order valence-corrected chi connectivity index (χ0v) is 24.8. The molecule has 1 fully saturated rings. The maximum absolute atomic E-state index is 13.2. The van der Waals surface area contributed by atoms with Gasteiger partial charge in [0.25, 0.3) is 0 Å². The summed E-state index contributed by atoms with van der Waals surface area (Å²) in [7, 11) is 0. The molecule has 5 rings (SSSR count). The molecule has 1 aromatic carbocycles. The van der Waals surface area contributed by atoms with Crippen molar-refractivity contribution < 1.29 is 19.4 Å². The quantitative estimate of drug-likeness (QED) is 0.185. The summed E-state index contributed by atoms with van der Waals surface area (Å²) in [5.41, 5.74) is 3.28. The summed E-state index contributed by atoms with van der Waals surface area (Å²) in [6.07, 6.45) is 15.3. The van der Waals surface area contributed by atoms with E-state index in [1.165, 1.54) is 11.1 Å². The number of hydrogen-bond donors (Lipinski definition) is 1. The molecule has 1 aliphatic heterocycles. The van der Waals surface area contributed by atoms with Crippen LogP contribution in [0.2, 0.25) is 0 Å². The van der Waals surface area contributed by atoms with Crippen molar-refractivity contribution >= 4 is 16.9 Å². The first-order valence-corrected chi connectivity index (χ1v) is 15.5. The molecule has 0 radical (unpaired) electrons. The lowest BCUT2D eigenvalue weighted by Crippen LogP contribution is -2.42. The Balaban J connectivity index is 1.06. The number of rotatable bonds is 15. The Kier molecular flexibility index (Phi) is 11.4. The highest BCUT2D eigenvalue weighted by atomic mass is 16.5. The molecule has 1 atom stereocenters. The number of hydrogen-bond acceptors (Lipinski definition) is 8. The van der Waals surface area contributed by atoms with Gasteiger partial charge in [-0.1, -0.05) is 18.2 Å². The number of benzene rings is 1. The number of aliphatic hydroxyl groups excluding tert-OH is 1. The molecule has 1 aliphatic rings. The van der Waals surface area contributed by atoms with Gasteiger partial charge in [-0.3, -0.25) is 19.7 Å². The van der Waals surface area contributed by atoms with E-state index in [0.29, 0.717) is 6.54 Å². The first-order chi connectivity index (χ1) is 21.1. The standard InChI is InChI=1S/C35H42N4O4/c40-30(26-42-34-15-3-14-33-32(34)13-6-20-38-33)25-39-21-16-29(17-22-39)35(41)43-31(11-1-7-27-9-4-18-36-23-27)12-2-8-28-10-5-19-37-24-28/h3-6,9-10,13-15,18-20,23-24,29-31,40H,1-2,7-8,11-12,16-17,21-22,25-26H2/t30-/m1/s1. The van der Waals surface area contributed by atoms with Crippen LogP contribution < -0.4 is 4.74 Å². The molecule has 43 heavy (non-hydrogen) atoms. The maximum Gasteiger partial charge on any atom is 0.309 e. The minimum Gasteiger partial charge on any atom is -0.490 e. The van der Waals surface area contributed by atoms with Crippen molar-refractivity contribution in [2.45, 2.75) is 63.6 Å². The number of likely N-dealkylation sites (tertiary alicyclic amines) is 1. The second kappa shape index (κ2) is 16.1. The highest BCUT2D eigenvalue weighted by Gasteiger charge is 2.29. The van der Waals surface area contributed by atoms with E-state index in [0.717, 1.165) is 81.1 Å². The molecule has 8 heteroatoms. The van der Waals surface area contributed by atoms with Crippen molar-refractivity contribution in [2.24, 2.45) is 5.92 Å². The smallest absolute Gasteiger partial charge is 0.309 e. The highest BCUT2D eigenvalue weighted by Crippen LogP contribution is 2.25. The van der Waals surface area contributed by atoms with Gasteiger partial charge in [-0.25, -0.2) is 0 Å². The summed E-state index contributed by atoms with van der Waals surface area (Å²) < 4.78 is 12.1. The summed E-state index contributed by atoms with van der Waals surface area (Å²) in [5.74, 6) is 0.536. The van der Waals surface area contributed by atoms with Crippen LogP contribution in [-0.4, -0.2) is 69.4 Å². The van der Waals surface area contributed by atoms with Gasteiger partial charge in [0.05, 0.1) is 11.4 Å². The summed E-state index contributed by atoms with van der Waals surface area (Å²) in [6.45, 7) is 2.22. The van der Waals surface area contributed by atoms with Crippen molar-refractivity contribution in [1.82, 2.24) is 19.9 Å². The van der Waals surface area contributed by atoms with Gasteiger partial charge < -0.3 is 19.5 Å². The molecule has 0 bridgehead atoms. The molecule has 0 saturated carbocycles. The molecule has 4 aromatic rings. The molecular weight excluding hydrogens is 540 g/mol. The first kappa shape index (κ1) is 30.6. The Morgan fingerprint density at radius 1 is 0.884 bits per heavy atom. The van der Waals surface area contributed by atoms with E-state index >= 15 is 0 Å². The van der Waals surface area contributed by atoms with Crippen LogP contribution in [0.15, 0.2) is 85.6 Å². The topological polar surface area (TPSA) is 97.7 Å². The van der Waals surface area contributed by atoms with Crippen molar-refractivity contribution in [3.8, 4) is 5.75 Å². The zero-order valence-electron chi connectivity index (χ0n) is 24.8. The third kappa shape index (κ3) is 9.56. The molecule has 0 unspecified atom stereocenters. The van der Waals surface area contributed by atoms with Crippen LogP contribution in [-0.2, 0) is 22.4 Å². The van der Waals surface area contributed by atoms with Gasteiger partial charge in [0.1, 0.15) is 24.6 Å². The average molecular weight is 583 g/mol. The number of aryl methyl sites for hydroxylation is 2. The van der Waals surface area contributed by atoms with Gasteiger partial charge in [-0.2, -0.15) is 0 Å². The fourth-order valence-corrected chi connectivity index (χ4v) is 5.77. The van der Waals surface area contributed by atoms with Gasteiger partial charge in [-0.15, -0.1) is 0 Å². The van der Waals surface area contributed by atoms with Crippen molar-refractivity contribution in [3.05, 3.63) is 96.7 Å². The first-order valence-electron chi connectivity index (χ1n) is 15.5. The largest absolute Gasteiger partial charge is 0.490 e. The fraction of sp³-hybridized carbons (Fsp3) is 0.429. The van der Waals surface area contributed by atoms with Crippen LogP contribution in [0.5, 0.6) is 5.75 Å². The number of carbonyl (C=O) groups is 1. The number of aromatic nitrogens is 3. The van der Waals surface area contributed by atoms with Gasteiger partial charge in [-0.05, 0) is 112 Å². The molecular formula is C35H42N4O4. The number of aliphatic hydroxyl groups is 1. The van der Waals surface area contributed by atoms with Crippen LogP contribution in [0.1, 0.15) is 49.7 Å². The number of nitrogens with zero attached hydrogens (tertiary/aromatic N) is 4. The molecule has 0 amide bonds. The molecule has 1 saturated heterocycles. The molecule has 1 N–H and O–H groups in total. The van der Waals surface area contributed by atoms with Crippen molar-refractivity contribution in [2.75, 3.05) is 26.2 Å². The number of β-amino-alcohol motifs (C(OH)–C–C–N with tert-alkyl or cyclic N) is 1. The number of pyridine rings is 3.